The normalized spacial score (nSPS) is 15.8. The van der Waals surface area contributed by atoms with Crippen molar-refractivity contribution >= 4 is 16.8 Å². The molecule has 1 fully saturated rings. The van der Waals surface area contributed by atoms with Crippen molar-refractivity contribution in [2.45, 2.75) is 39.3 Å². The molecular weight excluding hydrogens is 392 g/mol. The van der Waals surface area contributed by atoms with E-state index in [1.165, 1.54) is 0 Å². The Labute approximate surface area is 182 Å². The molecule has 3 aromatic rings. The zero-order chi connectivity index (χ0) is 21.8. The van der Waals surface area contributed by atoms with Gasteiger partial charge in [0.2, 0.25) is 0 Å². The van der Waals surface area contributed by atoms with Gasteiger partial charge in [-0.15, -0.1) is 0 Å². The van der Waals surface area contributed by atoms with Crippen LogP contribution in [0, 0.1) is 13.8 Å². The van der Waals surface area contributed by atoms with E-state index in [1.54, 1.807) is 7.11 Å². The van der Waals surface area contributed by atoms with Crippen molar-refractivity contribution in [1.29, 1.82) is 0 Å². The van der Waals surface area contributed by atoms with Crippen molar-refractivity contribution in [1.82, 2.24) is 10.3 Å². The molecule has 6 nitrogen and oxygen atoms in total. The maximum Gasteiger partial charge on any atom is 0.253 e. The highest BCUT2D eigenvalue weighted by atomic mass is 16.5. The topological polar surface area (TPSA) is 69.7 Å². The number of benzene rings is 2. The summed E-state index contributed by atoms with van der Waals surface area (Å²) in [5.74, 6) is 1.17. The monoisotopic (exact) mass is 420 g/mol. The summed E-state index contributed by atoms with van der Waals surface area (Å²) < 4.78 is 17.0. The second kappa shape index (κ2) is 9.35. The second-order valence-electron chi connectivity index (χ2n) is 7.93. The predicted molar refractivity (Wildman–Crippen MR) is 120 cm³/mol. The second-order valence-corrected chi connectivity index (χ2v) is 7.93. The lowest BCUT2D eigenvalue weighted by Gasteiger charge is -2.15. The van der Waals surface area contributed by atoms with Gasteiger partial charge in [0.15, 0.2) is 11.5 Å². The van der Waals surface area contributed by atoms with Gasteiger partial charge in [-0.1, -0.05) is 17.7 Å². The SMILES string of the molecule is COc1cc(CNC(=O)c2cc3cc(C)ccc3nc2C)ccc1OCC1CCCO1. The Bertz CT molecular complexity index is 1090. The van der Waals surface area contributed by atoms with Crippen LogP contribution in [0.1, 0.15) is 40.0 Å². The van der Waals surface area contributed by atoms with Gasteiger partial charge in [-0.25, -0.2) is 0 Å². The third-order valence-corrected chi connectivity index (χ3v) is 5.54. The lowest BCUT2D eigenvalue weighted by molar-refractivity contribution is 0.0669. The average molecular weight is 421 g/mol. The molecule has 1 amide bonds. The summed E-state index contributed by atoms with van der Waals surface area (Å²) in [6.45, 7) is 5.58. The van der Waals surface area contributed by atoms with Gasteiger partial charge < -0.3 is 19.5 Å². The number of nitrogens with one attached hydrogen (secondary N) is 1. The number of aryl methyl sites for hydroxylation is 2. The Morgan fingerprint density at radius 2 is 2.03 bits per heavy atom. The third-order valence-electron chi connectivity index (χ3n) is 5.54. The summed E-state index contributed by atoms with van der Waals surface area (Å²) in [5.41, 5.74) is 4.25. The first-order valence-corrected chi connectivity index (χ1v) is 10.6. The Morgan fingerprint density at radius 3 is 2.81 bits per heavy atom. The molecule has 0 aliphatic carbocycles. The smallest absolute Gasteiger partial charge is 0.253 e. The molecule has 1 saturated heterocycles. The Kier molecular flexibility index (Phi) is 6.37. The van der Waals surface area contributed by atoms with E-state index < -0.39 is 0 Å². The van der Waals surface area contributed by atoms with Crippen LogP contribution in [0.4, 0.5) is 0 Å². The minimum Gasteiger partial charge on any atom is -0.493 e. The molecule has 2 heterocycles. The lowest BCUT2D eigenvalue weighted by atomic mass is 10.1. The van der Waals surface area contributed by atoms with Crippen LogP contribution in [-0.2, 0) is 11.3 Å². The number of carbonyl (C=O) groups is 1. The summed E-state index contributed by atoms with van der Waals surface area (Å²) in [5, 5.41) is 3.95. The minimum atomic E-state index is -0.147. The lowest BCUT2D eigenvalue weighted by Crippen LogP contribution is -2.24. The molecule has 4 rings (SSSR count). The molecule has 1 aliphatic heterocycles. The molecule has 0 spiro atoms. The molecule has 0 saturated carbocycles. The number of amides is 1. The number of hydrogen-bond acceptors (Lipinski definition) is 5. The fourth-order valence-electron chi connectivity index (χ4n) is 3.80. The van der Waals surface area contributed by atoms with Gasteiger partial charge in [0, 0.05) is 18.5 Å². The van der Waals surface area contributed by atoms with Gasteiger partial charge in [-0.05, 0) is 62.6 Å². The predicted octanol–water partition coefficient (Wildman–Crippen LogP) is 4.35. The number of methoxy groups -OCH3 is 1. The van der Waals surface area contributed by atoms with E-state index in [4.69, 9.17) is 14.2 Å². The number of rotatable bonds is 7. The summed E-state index contributed by atoms with van der Waals surface area (Å²) in [4.78, 5) is 17.4. The van der Waals surface area contributed by atoms with Crippen molar-refractivity contribution in [3.05, 3.63) is 64.8 Å². The molecule has 1 aliphatic rings. The van der Waals surface area contributed by atoms with Crippen molar-refractivity contribution in [3.8, 4) is 11.5 Å². The fraction of sp³-hybridized carbons (Fsp3) is 0.360. The van der Waals surface area contributed by atoms with Gasteiger partial charge >= 0.3 is 0 Å². The van der Waals surface area contributed by atoms with Crippen molar-refractivity contribution < 1.29 is 19.0 Å². The molecule has 1 unspecified atom stereocenters. The zero-order valence-corrected chi connectivity index (χ0v) is 18.2. The van der Waals surface area contributed by atoms with Crippen LogP contribution in [0.3, 0.4) is 0 Å². The number of nitrogens with zero attached hydrogens (tertiary/aromatic N) is 1. The largest absolute Gasteiger partial charge is 0.493 e. The molecule has 1 aromatic heterocycles. The van der Waals surface area contributed by atoms with E-state index in [-0.39, 0.29) is 12.0 Å². The van der Waals surface area contributed by atoms with E-state index in [0.29, 0.717) is 35.9 Å². The molecule has 162 valence electrons. The minimum absolute atomic E-state index is 0.145. The van der Waals surface area contributed by atoms with E-state index in [9.17, 15) is 4.79 Å². The Balaban J connectivity index is 1.43. The number of aromatic nitrogens is 1. The first-order valence-electron chi connectivity index (χ1n) is 10.6. The molecule has 0 bridgehead atoms. The van der Waals surface area contributed by atoms with E-state index in [2.05, 4.69) is 10.3 Å². The first kappa shape index (κ1) is 21.1. The van der Waals surface area contributed by atoms with Crippen LogP contribution in [0.25, 0.3) is 10.9 Å². The molecular formula is C25H28N2O4. The zero-order valence-electron chi connectivity index (χ0n) is 18.2. The highest BCUT2D eigenvalue weighted by Gasteiger charge is 2.17. The Hall–Kier alpha value is -3.12. The summed E-state index contributed by atoms with van der Waals surface area (Å²) >= 11 is 0. The van der Waals surface area contributed by atoms with Crippen LogP contribution < -0.4 is 14.8 Å². The quantitative estimate of drug-likeness (QED) is 0.615. The van der Waals surface area contributed by atoms with Gasteiger partial charge in [0.05, 0.1) is 30.0 Å². The van der Waals surface area contributed by atoms with Crippen molar-refractivity contribution in [3.63, 3.8) is 0 Å². The van der Waals surface area contributed by atoms with Gasteiger partial charge in [0.1, 0.15) is 6.61 Å². The molecule has 6 heteroatoms. The van der Waals surface area contributed by atoms with Gasteiger partial charge in [0.25, 0.3) is 5.91 Å². The highest BCUT2D eigenvalue weighted by molar-refractivity contribution is 5.98. The van der Waals surface area contributed by atoms with E-state index in [1.807, 2.05) is 56.3 Å². The van der Waals surface area contributed by atoms with Crippen LogP contribution >= 0.6 is 0 Å². The van der Waals surface area contributed by atoms with Crippen molar-refractivity contribution in [2.75, 3.05) is 20.3 Å². The van der Waals surface area contributed by atoms with Crippen LogP contribution in [0.5, 0.6) is 11.5 Å². The third kappa shape index (κ3) is 4.97. The highest BCUT2D eigenvalue weighted by Crippen LogP contribution is 2.29. The molecule has 2 aromatic carbocycles. The van der Waals surface area contributed by atoms with E-state index >= 15 is 0 Å². The number of ether oxygens (including phenoxy) is 3. The summed E-state index contributed by atoms with van der Waals surface area (Å²) in [6.07, 6.45) is 2.25. The maximum atomic E-state index is 12.8. The summed E-state index contributed by atoms with van der Waals surface area (Å²) in [7, 11) is 1.61. The van der Waals surface area contributed by atoms with Crippen LogP contribution in [0.15, 0.2) is 42.5 Å². The first-order chi connectivity index (χ1) is 15.0. The fourth-order valence-corrected chi connectivity index (χ4v) is 3.80. The van der Waals surface area contributed by atoms with Crippen LogP contribution in [-0.4, -0.2) is 37.3 Å². The van der Waals surface area contributed by atoms with Gasteiger partial charge in [-0.2, -0.15) is 0 Å². The average Bonchev–Trinajstić information content (AvgIpc) is 3.29. The Morgan fingerprint density at radius 1 is 1.16 bits per heavy atom. The molecule has 31 heavy (non-hydrogen) atoms. The number of pyridine rings is 1. The van der Waals surface area contributed by atoms with E-state index in [0.717, 1.165) is 41.5 Å². The maximum absolute atomic E-state index is 12.8. The van der Waals surface area contributed by atoms with Gasteiger partial charge in [-0.3, -0.25) is 9.78 Å². The standard InChI is InChI=1S/C25H28N2O4/c1-16-6-8-22-19(11-16)13-21(17(2)27-22)25(28)26-14-18-7-9-23(24(12-18)29-3)31-15-20-5-4-10-30-20/h6-9,11-13,20H,4-5,10,14-15H2,1-3H3,(H,26,28). The summed E-state index contributed by atoms with van der Waals surface area (Å²) in [6, 6.07) is 13.6. The molecule has 1 N–H and O–H groups in total. The van der Waals surface area contributed by atoms with Crippen LogP contribution in [0.2, 0.25) is 0 Å². The number of carbonyl (C=O) groups excluding carboxylic acids is 1. The number of fused-ring (bicyclic) bond motifs is 1. The molecule has 0 radical (unpaired) electrons. The number of hydrogen-bond donors (Lipinski definition) is 1. The molecule has 1 atom stereocenters. The van der Waals surface area contributed by atoms with Crippen molar-refractivity contribution in [2.24, 2.45) is 0 Å².